The Balaban J connectivity index is 1.42. The minimum atomic E-state index is -0.242. The van der Waals surface area contributed by atoms with Crippen LogP contribution in [0.4, 0.5) is 5.69 Å². The maximum atomic E-state index is 12.7. The SMILES string of the molecule is Cc1ccc(CN2CCOCC2)cc1NC(=O)c1coc(C2CCOCC2)n1. The molecule has 2 aliphatic heterocycles. The van der Waals surface area contributed by atoms with Crippen molar-refractivity contribution in [3.05, 3.63) is 47.2 Å². The third kappa shape index (κ3) is 4.60. The van der Waals surface area contributed by atoms with Crippen molar-refractivity contribution in [1.82, 2.24) is 9.88 Å². The van der Waals surface area contributed by atoms with Crippen molar-refractivity contribution in [3.63, 3.8) is 0 Å². The van der Waals surface area contributed by atoms with Gasteiger partial charge in [-0.1, -0.05) is 12.1 Å². The van der Waals surface area contributed by atoms with Crippen LogP contribution in [0.2, 0.25) is 0 Å². The van der Waals surface area contributed by atoms with Crippen LogP contribution >= 0.6 is 0 Å². The summed E-state index contributed by atoms with van der Waals surface area (Å²) in [4.78, 5) is 19.5. The van der Waals surface area contributed by atoms with Gasteiger partial charge in [0, 0.05) is 44.5 Å². The highest BCUT2D eigenvalue weighted by Gasteiger charge is 2.23. The zero-order valence-electron chi connectivity index (χ0n) is 16.3. The van der Waals surface area contributed by atoms with Crippen LogP contribution in [0, 0.1) is 6.92 Å². The summed E-state index contributed by atoms with van der Waals surface area (Å²) >= 11 is 0. The molecule has 7 nitrogen and oxygen atoms in total. The largest absolute Gasteiger partial charge is 0.448 e. The first-order valence-corrected chi connectivity index (χ1v) is 9.93. The zero-order chi connectivity index (χ0) is 19.3. The third-order valence-electron chi connectivity index (χ3n) is 5.39. The van der Waals surface area contributed by atoms with Gasteiger partial charge in [0.15, 0.2) is 11.6 Å². The van der Waals surface area contributed by atoms with Gasteiger partial charge in [-0.3, -0.25) is 9.69 Å². The summed E-state index contributed by atoms with van der Waals surface area (Å²) in [6.45, 7) is 7.68. The van der Waals surface area contributed by atoms with Gasteiger partial charge in [0.1, 0.15) is 6.26 Å². The van der Waals surface area contributed by atoms with E-state index in [-0.39, 0.29) is 11.8 Å². The summed E-state index contributed by atoms with van der Waals surface area (Å²) in [5.41, 5.74) is 3.32. The van der Waals surface area contributed by atoms with E-state index in [1.807, 2.05) is 19.1 Å². The molecule has 2 aromatic rings. The molecule has 1 amide bonds. The van der Waals surface area contributed by atoms with Crippen LogP contribution in [0.15, 0.2) is 28.9 Å². The van der Waals surface area contributed by atoms with E-state index < -0.39 is 0 Å². The molecule has 0 bridgehead atoms. The fourth-order valence-corrected chi connectivity index (χ4v) is 3.63. The van der Waals surface area contributed by atoms with Gasteiger partial charge in [0.2, 0.25) is 0 Å². The van der Waals surface area contributed by atoms with Gasteiger partial charge >= 0.3 is 0 Å². The lowest BCUT2D eigenvalue weighted by molar-refractivity contribution is 0.0342. The molecule has 1 aromatic heterocycles. The van der Waals surface area contributed by atoms with Crippen LogP contribution in [-0.4, -0.2) is 55.3 Å². The van der Waals surface area contributed by atoms with Crippen LogP contribution in [0.3, 0.4) is 0 Å². The van der Waals surface area contributed by atoms with Gasteiger partial charge < -0.3 is 19.2 Å². The Kier molecular flexibility index (Phi) is 6.04. The van der Waals surface area contributed by atoms with Gasteiger partial charge in [-0.25, -0.2) is 4.98 Å². The average Bonchev–Trinajstić information content (AvgIpc) is 3.22. The molecule has 1 aromatic carbocycles. The van der Waals surface area contributed by atoms with E-state index in [2.05, 4.69) is 21.3 Å². The number of ether oxygens (including phenoxy) is 2. The lowest BCUT2D eigenvalue weighted by Gasteiger charge is -2.26. The molecule has 0 spiro atoms. The molecule has 0 saturated carbocycles. The van der Waals surface area contributed by atoms with Crippen LogP contribution in [0.1, 0.15) is 46.3 Å². The second kappa shape index (κ2) is 8.86. The Morgan fingerprint density at radius 1 is 1.18 bits per heavy atom. The molecular formula is C21H27N3O4. The minimum Gasteiger partial charge on any atom is -0.448 e. The molecule has 28 heavy (non-hydrogen) atoms. The summed E-state index contributed by atoms with van der Waals surface area (Å²) in [7, 11) is 0. The first kappa shape index (κ1) is 19.1. The normalized spacial score (nSPS) is 18.9. The van der Waals surface area contributed by atoms with Crippen molar-refractivity contribution in [1.29, 1.82) is 0 Å². The van der Waals surface area contributed by atoms with E-state index in [4.69, 9.17) is 13.9 Å². The number of rotatable bonds is 5. The number of oxazole rings is 1. The first-order valence-electron chi connectivity index (χ1n) is 9.93. The highest BCUT2D eigenvalue weighted by Crippen LogP contribution is 2.26. The Hall–Kier alpha value is -2.22. The van der Waals surface area contributed by atoms with E-state index >= 15 is 0 Å². The van der Waals surface area contributed by atoms with E-state index in [0.717, 1.165) is 56.9 Å². The highest BCUT2D eigenvalue weighted by molar-refractivity contribution is 6.03. The van der Waals surface area contributed by atoms with E-state index in [1.54, 1.807) is 0 Å². The zero-order valence-corrected chi connectivity index (χ0v) is 16.3. The fraction of sp³-hybridized carbons (Fsp3) is 0.524. The number of aromatic nitrogens is 1. The Bertz CT molecular complexity index is 808. The van der Waals surface area contributed by atoms with Crippen molar-refractivity contribution < 1.29 is 18.7 Å². The number of aryl methyl sites for hydroxylation is 1. The van der Waals surface area contributed by atoms with E-state index in [9.17, 15) is 4.79 Å². The number of amides is 1. The van der Waals surface area contributed by atoms with Crippen LogP contribution in [-0.2, 0) is 16.0 Å². The molecule has 2 aliphatic rings. The molecule has 2 fully saturated rings. The summed E-state index contributed by atoms with van der Waals surface area (Å²) in [6.07, 6.45) is 3.21. The molecule has 0 radical (unpaired) electrons. The first-order chi connectivity index (χ1) is 13.7. The number of carbonyl (C=O) groups is 1. The predicted molar refractivity (Wildman–Crippen MR) is 105 cm³/mol. The summed E-state index contributed by atoms with van der Waals surface area (Å²) in [6, 6.07) is 6.20. The molecule has 3 heterocycles. The Morgan fingerprint density at radius 3 is 2.71 bits per heavy atom. The number of nitrogens with zero attached hydrogens (tertiary/aromatic N) is 2. The summed E-state index contributed by atoms with van der Waals surface area (Å²) < 4.78 is 16.4. The molecule has 1 N–H and O–H groups in total. The van der Waals surface area contributed by atoms with Crippen molar-refractivity contribution >= 4 is 11.6 Å². The van der Waals surface area contributed by atoms with Crippen molar-refractivity contribution in [2.45, 2.75) is 32.2 Å². The lowest BCUT2D eigenvalue weighted by Crippen LogP contribution is -2.35. The second-order valence-electron chi connectivity index (χ2n) is 7.45. The number of morpholine rings is 1. The fourth-order valence-electron chi connectivity index (χ4n) is 3.63. The summed E-state index contributed by atoms with van der Waals surface area (Å²) in [5, 5.41) is 2.99. The van der Waals surface area contributed by atoms with Crippen LogP contribution in [0.25, 0.3) is 0 Å². The average molecular weight is 385 g/mol. The second-order valence-corrected chi connectivity index (χ2v) is 7.45. The van der Waals surface area contributed by atoms with E-state index in [0.29, 0.717) is 24.8 Å². The van der Waals surface area contributed by atoms with Gasteiger partial charge in [0.25, 0.3) is 5.91 Å². The monoisotopic (exact) mass is 385 g/mol. The molecule has 2 saturated heterocycles. The van der Waals surface area contributed by atoms with E-state index in [1.165, 1.54) is 11.8 Å². The molecule has 0 unspecified atom stereocenters. The lowest BCUT2D eigenvalue weighted by atomic mass is 10.0. The smallest absolute Gasteiger partial charge is 0.277 e. The number of benzene rings is 1. The van der Waals surface area contributed by atoms with Crippen molar-refractivity contribution in [3.8, 4) is 0 Å². The number of anilines is 1. The maximum Gasteiger partial charge on any atom is 0.277 e. The van der Waals surface area contributed by atoms with Crippen LogP contribution in [0.5, 0.6) is 0 Å². The third-order valence-corrected chi connectivity index (χ3v) is 5.39. The van der Waals surface area contributed by atoms with Gasteiger partial charge in [-0.2, -0.15) is 0 Å². The van der Waals surface area contributed by atoms with Gasteiger partial charge in [-0.05, 0) is 37.0 Å². The molecule has 0 atom stereocenters. The van der Waals surface area contributed by atoms with Gasteiger partial charge in [0.05, 0.1) is 13.2 Å². The molecule has 7 heteroatoms. The van der Waals surface area contributed by atoms with Gasteiger partial charge in [-0.15, -0.1) is 0 Å². The number of hydrogen-bond donors (Lipinski definition) is 1. The number of carbonyl (C=O) groups excluding carboxylic acids is 1. The van der Waals surface area contributed by atoms with Crippen molar-refractivity contribution in [2.75, 3.05) is 44.8 Å². The van der Waals surface area contributed by atoms with Crippen molar-refractivity contribution in [2.24, 2.45) is 0 Å². The Morgan fingerprint density at radius 2 is 1.93 bits per heavy atom. The highest BCUT2D eigenvalue weighted by atomic mass is 16.5. The topological polar surface area (TPSA) is 76.8 Å². The van der Waals surface area contributed by atoms with Crippen LogP contribution < -0.4 is 5.32 Å². The summed E-state index contributed by atoms with van der Waals surface area (Å²) in [5.74, 6) is 0.619. The number of hydrogen-bond acceptors (Lipinski definition) is 6. The number of nitrogens with one attached hydrogen (secondary N) is 1. The minimum absolute atomic E-state index is 0.230. The molecule has 0 aliphatic carbocycles. The Labute approximate surface area is 165 Å². The maximum absolute atomic E-state index is 12.7. The molecule has 150 valence electrons. The standard InChI is InChI=1S/C21H27N3O4/c1-15-2-3-16(13-24-6-10-27-11-7-24)12-18(15)22-20(25)19-14-28-21(23-19)17-4-8-26-9-5-17/h2-3,12,14,17H,4-11,13H2,1H3,(H,22,25). The molecule has 4 rings (SSSR count). The molecular weight excluding hydrogens is 358 g/mol. The quantitative estimate of drug-likeness (QED) is 0.853. The predicted octanol–water partition coefficient (Wildman–Crippen LogP) is 2.96.